The predicted molar refractivity (Wildman–Crippen MR) is 107 cm³/mol. The molecule has 0 atom stereocenters. The van der Waals surface area contributed by atoms with Gasteiger partial charge in [0.15, 0.2) is 5.12 Å². The smallest absolute Gasteiger partial charge is 0.465 e. The van der Waals surface area contributed by atoms with Gasteiger partial charge in [-0.15, -0.1) is 0 Å². The third-order valence-corrected chi connectivity index (χ3v) is 5.59. The van der Waals surface area contributed by atoms with Gasteiger partial charge in [-0.2, -0.15) is 0 Å². The van der Waals surface area contributed by atoms with Crippen molar-refractivity contribution in [1.29, 1.82) is 0 Å². The zero-order valence-electron chi connectivity index (χ0n) is 16.5. The Balaban J connectivity index is 2.43. The number of anilines is 1. The van der Waals surface area contributed by atoms with Crippen LogP contribution in [-0.4, -0.2) is 47.3 Å². The molecular weight excluding hydrogens is 367 g/mol. The summed E-state index contributed by atoms with van der Waals surface area (Å²) < 4.78 is 16.9. The minimum atomic E-state index is -0.636. The number of esters is 1. The molecule has 0 aromatic carbocycles. The first-order valence-electron chi connectivity index (χ1n) is 8.50. The molecule has 2 heterocycles. The summed E-state index contributed by atoms with van der Waals surface area (Å²) in [5.74, 6) is 0.116. The molecule has 1 aliphatic rings. The van der Waals surface area contributed by atoms with Crippen LogP contribution in [0.25, 0.3) is 6.08 Å². The molecule has 1 fully saturated rings. The number of hydrogen-bond acceptors (Lipinski definition) is 8. The largest absolute Gasteiger partial charge is 0.491 e. The van der Waals surface area contributed by atoms with Crippen LogP contribution in [0.1, 0.15) is 50.5 Å². The number of carbonyl (C=O) groups excluding carboxylic acids is 2. The lowest BCUT2D eigenvalue weighted by molar-refractivity contribution is -0.109. The van der Waals surface area contributed by atoms with Crippen LogP contribution < -0.4 is 5.73 Å². The normalized spacial score (nSPS) is 18.4. The van der Waals surface area contributed by atoms with Gasteiger partial charge in [0.2, 0.25) is 0 Å². The quantitative estimate of drug-likeness (QED) is 0.603. The van der Waals surface area contributed by atoms with Crippen LogP contribution in [0.5, 0.6) is 0 Å². The molecule has 1 aliphatic heterocycles. The first-order chi connectivity index (χ1) is 12.5. The number of thioether (sulfide) groups is 1. The first-order valence-corrected chi connectivity index (χ1v) is 9.48. The van der Waals surface area contributed by atoms with Crippen molar-refractivity contribution in [1.82, 2.24) is 4.98 Å². The van der Waals surface area contributed by atoms with Crippen LogP contribution in [0.3, 0.4) is 0 Å². The number of carbonyl (C=O) groups is 2. The van der Waals surface area contributed by atoms with E-state index in [1.807, 2.05) is 27.7 Å². The second kappa shape index (κ2) is 8.04. The van der Waals surface area contributed by atoms with Crippen LogP contribution in [0.2, 0.25) is 0 Å². The summed E-state index contributed by atoms with van der Waals surface area (Å²) in [6.07, 6.45) is 3.12. The number of nitrogens with zero attached hydrogens (tertiary/aromatic N) is 1. The first kappa shape index (κ1) is 21.5. The topological polar surface area (TPSA) is 101 Å². The number of aromatic nitrogens is 1. The molecule has 0 unspecified atom stereocenters. The fourth-order valence-electron chi connectivity index (χ4n) is 2.39. The number of nitrogens with two attached hydrogens (primary N) is 1. The van der Waals surface area contributed by atoms with E-state index < -0.39 is 24.3 Å². The van der Waals surface area contributed by atoms with Crippen molar-refractivity contribution in [2.75, 3.05) is 18.6 Å². The van der Waals surface area contributed by atoms with Gasteiger partial charge >= 0.3 is 13.1 Å². The molecule has 2 N–H and O–H groups in total. The second-order valence-electron chi connectivity index (χ2n) is 7.28. The Hall–Kier alpha value is -1.84. The Kier molecular flexibility index (Phi) is 6.39. The van der Waals surface area contributed by atoms with E-state index in [1.165, 1.54) is 20.2 Å². The van der Waals surface area contributed by atoms with E-state index in [1.54, 1.807) is 12.1 Å². The summed E-state index contributed by atoms with van der Waals surface area (Å²) in [6, 6.07) is 1.60. The SMILES string of the molecule is COC(=O)c1cnc(N)c(C=C(CSC(C)=O)B2OC(C)(C)C(C)(C)O2)c1. The maximum atomic E-state index is 11.8. The van der Waals surface area contributed by atoms with Crippen molar-refractivity contribution in [2.45, 2.75) is 45.8 Å². The average molecular weight is 392 g/mol. The lowest BCUT2D eigenvalue weighted by atomic mass is 9.78. The number of methoxy groups -OCH3 is 1. The molecule has 2 rings (SSSR count). The van der Waals surface area contributed by atoms with Gasteiger partial charge in [-0.05, 0) is 39.2 Å². The van der Waals surface area contributed by atoms with E-state index in [9.17, 15) is 9.59 Å². The molecule has 0 bridgehead atoms. The van der Waals surface area contributed by atoms with E-state index in [-0.39, 0.29) is 16.5 Å². The standard InChI is InChI=1S/C18H25BN2O5S/c1-11(22)27-10-14(19-25-17(2,3)18(4,5)26-19)8-12-7-13(16(23)24-6)9-21-15(12)20/h7-9H,10H2,1-6H3,(H2,20,21). The second-order valence-corrected chi connectivity index (χ2v) is 8.43. The van der Waals surface area contributed by atoms with Crippen molar-refractivity contribution >= 4 is 41.9 Å². The fourth-order valence-corrected chi connectivity index (χ4v) is 2.98. The predicted octanol–water partition coefficient (Wildman–Crippen LogP) is 2.74. The van der Waals surface area contributed by atoms with Crippen LogP contribution in [-0.2, 0) is 18.8 Å². The van der Waals surface area contributed by atoms with E-state index >= 15 is 0 Å². The van der Waals surface area contributed by atoms with Crippen molar-refractivity contribution in [3.8, 4) is 0 Å². The zero-order chi connectivity index (χ0) is 20.4. The highest BCUT2D eigenvalue weighted by molar-refractivity contribution is 8.13. The molecule has 0 spiro atoms. The summed E-state index contributed by atoms with van der Waals surface area (Å²) in [4.78, 5) is 27.3. The molecule has 1 aromatic heterocycles. The maximum Gasteiger partial charge on any atom is 0.491 e. The monoisotopic (exact) mass is 392 g/mol. The highest BCUT2D eigenvalue weighted by Gasteiger charge is 2.52. The van der Waals surface area contributed by atoms with E-state index in [0.29, 0.717) is 11.3 Å². The number of pyridine rings is 1. The molecule has 9 heteroatoms. The Morgan fingerprint density at radius 3 is 2.41 bits per heavy atom. The molecule has 0 radical (unpaired) electrons. The summed E-state index contributed by atoms with van der Waals surface area (Å²) in [7, 11) is 0.663. The van der Waals surface area contributed by atoms with Gasteiger partial charge in [0.25, 0.3) is 0 Å². The number of rotatable bonds is 5. The third-order valence-electron chi connectivity index (χ3n) is 4.71. The average Bonchev–Trinajstić information content (AvgIpc) is 2.79. The van der Waals surface area contributed by atoms with E-state index in [4.69, 9.17) is 19.8 Å². The summed E-state index contributed by atoms with van der Waals surface area (Å²) in [5, 5.41) is -0.0215. The van der Waals surface area contributed by atoms with E-state index in [2.05, 4.69) is 4.98 Å². The molecule has 0 saturated carbocycles. The minimum absolute atomic E-state index is 0.0215. The van der Waals surface area contributed by atoms with Gasteiger partial charge in [0.05, 0.1) is 23.9 Å². The van der Waals surface area contributed by atoms with E-state index in [0.717, 1.165) is 17.2 Å². The highest BCUT2D eigenvalue weighted by Crippen LogP contribution is 2.39. The molecule has 146 valence electrons. The molecular formula is C18H25BN2O5S. The number of nitrogen functional groups attached to an aromatic ring is 1. The van der Waals surface area contributed by atoms with Crippen molar-refractivity contribution < 1.29 is 23.6 Å². The molecule has 7 nitrogen and oxygen atoms in total. The summed E-state index contributed by atoms with van der Waals surface area (Å²) >= 11 is 1.15. The number of ether oxygens (including phenoxy) is 1. The van der Waals surface area contributed by atoms with Crippen molar-refractivity contribution in [3.63, 3.8) is 0 Å². The highest BCUT2D eigenvalue weighted by atomic mass is 32.2. The van der Waals surface area contributed by atoms with Gasteiger partial charge in [0, 0.05) is 24.4 Å². The number of hydrogen-bond donors (Lipinski definition) is 1. The molecule has 0 amide bonds. The van der Waals surface area contributed by atoms with Gasteiger partial charge < -0.3 is 19.8 Å². The molecule has 1 saturated heterocycles. The summed E-state index contributed by atoms with van der Waals surface area (Å²) in [6.45, 7) is 9.32. The van der Waals surface area contributed by atoms with Crippen molar-refractivity contribution in [3.05, 3.63) is 28.9 Å². The minimum Gasteiger partial charge on any atom is -0.465 e. The zero-order valence-corrected chi connectivity index (χ0v) is 17.3. The Morgan fingerprint density at radius 2 is 1.89 bits per heavy atom. The molecule has 0 aliphatic carbocycles. The molecule has 1 aromatic rings. The van der Waals surface area contributed by atoms with Crippen LogP contribution in [0.15, 0.2) is 17.7 Å². The van der Waals surface area contributed by atoms with Crippen LogP contribution >= 0.6 is 11.8 Å². The van der Waals surface area contributed by atoms with Gasteiger partial charge in [-0.3, -0.25) is 4.79 Å². The Morgan fingerprint density at radius 1 is 1.30 bits per heavy atom. The van der Waals surface area contributed by atoms with Crippen LogP contribution in [0.4, 0.5) is 5.82 Å². The van der Waals surface area contributed by atoms with Crippen molar-refractivity contribution in [2.24, 2.45) is 0 Å². The Bertz CT molecular complexity index is 763. The van der Waals surface area contributed by atoms with Gasteiger partial charge in [-0.1, -0.05) is 17.8 Å². The lowest BCUT2D eigenvalue weighted by Gasteiger charge is -2.32. The third kappa shape index (κ3) is 4.91. The van der Waals surface area contributed by atoms with Gasteiger partial charge in [0.1, 0.15) is 5.82 Å². The fraction of sp³-hybridized carbons (Fsp3) is 0.500. The lowest BCUT2D eigenvalue weighted by Crippen LogP contribution is -2.41. The molecule has 27 heavy (non-hydrogen) atoms. The van der Waals surface area contributed by atoms with Crippen LogP contribution in [0, 0.1) is 0 Å². The van der Waals surface area contributed by atoms with Gasteiger partial charge in [-0.25, -0.2) is 9.78 Å². The summed E-state index contributed by atoms with van der Waals surface area (Å²) in [5.41, 5.74) is 6.48. The maximum absolute atomic E-state index is 11.8. The Labute approximate surface area is 164 Å².